The maximum absolute atomic E-state index is 11.7. The summed E-state index contributed by atoms with van der Waals surface area (Å²) in [6, 6.07) is 1.72. The maximum atomic E-state index is 11.7. The van der Waals surface area contributed by atoms with Gasteiger partial charge in [0.05, 0.1) is 9.67 Å². The Kier molecular flexibility index (Phi) is 3.32. The van der Waals surface area contributed by atoms with Gasteiger partial charge >= 0.3 is 0 Å². The average Bonchev–Trinajstić information content (AvgIpc) is 3.04. The molecule has 0 unspecified atom stereocenters. The summed E-state index contributed by atoms with van der Waals surface area (Å²) in [7, 11) is 3.42. The van der Waals surface area contributed by atoms with Crippen molar-refractivity contribution in [2.24, 2.45) is 0 Å². The van der Waals surface area contributed by atoms with Crippen molar-refractivity contribution in [1.82, 2.24) is 9.88 Å². The molecule has 0 aliphatic heterocycles. The van der Waals surface area contributed by atoms with Gasteiger partial charge in [0, 0.05) is 26.4 Å². The molecule has 0 saturated heterocycles. The molecule has 0 spiro atoms. The lowest BCUT2D eigenvalue weighted by Gasteiger charge is -2.11. The van der Waals surface area contributed by atoms with Gasteiger partial charge in [-0.3, -0.25) is 4.79 Å². The summed E-state index contributed by atoms with van der Waals surface area (Å²) >= 11 is 2.17. The maximum Gasteiger partial charge on any atom is 0.272 e. The quantitative estimate of drug-likeness (QED) is 0.795. The first-order valence-corrected chi connectivity index (χ1v) is 6.19. The lowest BCUT2D eigenvalue weighted by atomic mass is 10.3. The largest absolute Gasteiger partial charge is 0.489 e. The molecule has 86 valence electrons. The van der Waals surface area contributed by atoms with E-state index in [0.717, 1.165) is 22.2 Å². The van der Waals surface area contributed by atoms with E-state index in [0.29, 0.717) is 11.8 Å². The smallest absolute Gasteiger partial charge is 0.272 e. The van der Waals surface area contributed by atoms with E-state index in [4.69, 9.17) is 4.74 Å². The highest BCUT2D eigenvalue weighted by atomic mass is 127. The van der Waals surface area contributed by atoms with E-state index in [9.17, 15) is 4.79 Å². The van der Waals surface area contributed by atoms with Crippen molar-refractivity contribution in [3.05, 3.63) is 21.5 Å². The Morgan fingerprint density at radius 1 is 1.56 bits per heavy atom. The Morgan fingerprint density at radius 2 is 2.25 bits per heavy atom. The van der Waals surface area contributed by atoms with Crippen LogP contribution in [0.1, 0.15) is 23.3 Å². The summed E-state index contributed by atoms with van der Waals surface area (Å²) in [5.74, 6) is 0.667. The number of pyridine rings is 1. The van der Waals surface area contributed by atoms with Crippen molar-refractivity contribution in [3.8, 4) is 5.75 Å². The number of hydrogen-bond acceptors (Lipinski definition) is 3. The normalized spacial score (nSPS) is 14.7. The first-order valence-electron chi connectivity index (χ1n) is 5.12. The molecule has 16 heavy (non-hydrogen) atoms. The molecular formula is C11H13IN2O2. The van der Waals surface area contributed by atoms with Gasteiger partial charge in [-0.1, -0.05) is 0 Å². The number of rotatable bonds is 3. The van der Waals surface area contributed by atoms with Gasteiger partial charge in [-0.25, -0.2) is 4.98 Å². The minimum Gasteiger partial charge on any atom is -0.489 e. The van der Waals surface area contributed by atoms with Crippen LogP contribution in [-0.4, -0.2) is 36.0 Å². The first kappa shape index (κ1) is 11.6. The highest BCUT2D eigenvalue weighted by molar-refractivity contribution is 14.1. The van der Waals surface area contributed by atoms with Gasteiger partial charge in [0.15, 0.2) is 0 Å². The third kappa shape index (κ3) is 2.63. The number of carbonyl (C=O) groups excluding carboxylic acids is 1. The topological polar surface area (TPSA) is 42.4 Å². The lowest BCUT2D eigenvalue weighted by Crippen LogP contribution is -2.22. The number of ether oxygens (including phenoxy) is 1. The second-order valence-corrected chi connectivity index (χ2v) is 5.18. The number of nitrogens with zero attached hydrogens (tertiary/aromatic N) is 2. The van der Waals surface area contributed by atoms with Crippen LogP contribution in [0.5, 0.6) is 5.75 Å². The molecule has 1 aliphatic carbocycles. The molecule has 0 aromatic carbocycles. The Bertz CT molecular complexity index is 416. The second kappa shape index (κ2) is 4.57. The van der Waals surface area contributed by atoms with Crippen molar-refractivity contribution in [2.75, 3.05) is 14.1 Å². The van der Waals surface area contributed by atoms with Crippen LogP contribution < -0.4 is 4.74 Å². The van der Waals surface area contributed by atoms with Crippen LogP contribution in [0.2, 0.25) is 0 Å². The van der Waals surface area contributed by atoms with E-state index < -0.39 is 0 Å². The molecule has 4 nitrogen and oxygen atoms in total. The number of aromatic nitrogens is 1. The summed E-state index contributed by atoms with van der Waals surface area (Å²) in [5, 5.41) is 0. The molecule has 1 amide bonds. The summed E-state index contributed by atoms with van der Waals surface area (Å²) in [5.41, 5.74) is 0.432. The van der Waals surface area contributed by atoms with Gasteiger partial charge in [0.1, 0.15) is 11.4 Å². The number of hydrogen-bond donors (Lipinski definition) is 0. The monoisotopic (exact) mass is 332 g/mol. The zero-order valence-electron chi connectivity index (χ0n) is 9.24. The Labute approximate surface area is 108 Å². The molecule has 5 heteroatoms. The molecule has 1 aromatic heterocycles. The molecule has 0 N–H and O–H groups in total. The highest BCUT2D eigenvalue weighted by Gasteiger charge is 2.25. The molecular weight excluding hydrogens is 319 g/mol. The molecule has 1 fully saturated rings. The number of carbonyl (C=O) groups is 1. The van der Waals surface area contributed by atoms with Crippen LogP contribution in [-0.2, 0) is 0 Å². The standard InChI is InChI=1S/C11H13IN2O2/c1-14(2)11(15)9-5-10(8(12)6-13-9)16-7-3-4-7/h5-7H,3-4H2,1-2H3. The van der Waals surface area contributed by atoms with E-state index in [-0.39, 0.29) is 5.91 Å². The molecule has 0 atom stereocenters. The Hall–Kier alpha value is -0.850. The van der Waals surface area contributed by atoms with E-state index in [1.54, 1.807) is 26.4 Å². The van der Waals surface area contributed by atoms with Crippen LogP contribution in [0.4, 0.5) is 0 Å². The predicted octanol–water partition coefficient (Wildman–Crippen LogP) is 1.93. The minimum absolute atomic E-state index is 0.1000. The molecule has 2 rings (SSSR count). The van der Waals surface area contributed by atoms with Gasteiger partial charge in [-0.05, 0) is 35.4 Å². The van der Waals surface area contributed by atoms with Crippen molar-refractivity contribution < 1.29 is 9.53 Å². The zero-order chi connectivity index (χ0) is 11.7. The summed E-state index contributed by atoms with van der Waals surface area (Å²) in [6.45, 7) is 0. The van der Waals surface area contributed by atoms with Gasteiger partial charge in [-0.15, -0.1) is 0 Å². The fourth-order valence-electron chi connectivity index (χ4n) is 1.22. The molecule has 1 saturated carbocycles. The third-order valence-electron chi connectivity index (χ3n) is 2.26. The third-order valence-corrected chi connectivity index (χ3v) is 3.07. The van der Waals surface area contributed by atoms with Gasteiger partial charge < -0.3 is 9.64 Å². The zero-order valence-corrected chi connectivity index (χ0v) is 11.4. The number of halogens is 1. The van der Waals surface area contributed by atoms with Crippen molar-refractivity contribution in [1.29, 1.82) is 0 Å². The fraction of sp³-hybridized carbons (Fsp3) is 0.455. The fourth-order valence-corrected chi connectivity index (χ4v) is 1.64. The van der Waals surface area contributed by atoms with Crippen LogP contribution in [0, 0.1) is 3.57 Å². The minimum atomic E-state index is -0.1000. The Balaban J connectivity index is 2.23. The first-order chi connectivity index (χ1) is 7.58. The molecule has 1 aliphatic rings. The summed E-state index contributed by atoms with van der Waals surface area (Å²) < 4.78 is 6.65. The van der Waals surface area contributed by atoms with E-state index in [1.807, 2.05) is 0 Å². The van der Waals surface area contributed by atoms with Crippen LogP contribution >= 0.6 is 22.6 Å². The van der Waals surface area contributed by atoms with Gasteiger partial charge in [0.2, 0.25) is 0 Å². The van der Waals surface area contributed by atoms with Gasteiger partial charge in [-0.2, -0.15) is 0 Å². The Morgan fingerprint density at radius 3 is 2.81 bits per heavy atom. The van der Waals surface area contributed by atoms with Crippen molar-refractivity contribution in [2.45, 2.75) is 18.9 Å². The number of amides is 1. The highest BCUT2D eigenvalue weighted by Crippen LogP contribution is 2.30. The summed E-state index contributed by atoms with van der Waals surface area (Å²) in [6.07, 6.45) is 4.22. The summed E-state index contributed by atoms with van der Waals surface area (Å²) in [4.78, 5) is 17.3. The van der Waals surface area contributed by atoms with E-state index in [2.05, 4.69) is 27.6 Å². The second-order valence-electron chi connectivity index (χ2n) is 4.02. The van der Waals surface area contributed by atoms with Crippen LogP contribution in [0.25, 0.3) is 0 Å². The van der Waals surface area contributed by atoms with E-state index in [1.165, 1.54) is 4.90 Å². The van der Waals surface area contributed by atoms with Crippen molar-refractivity contribution in [3.63, 3.8) is 0 Å². The van der Waals surface area contributed by atoms with Crippen LogP contribution in [0.3, 0.4) is 0 Å². The van der Waals surface area contributed by atoms with E-state index >= 15 is 0 Å². The lowest BCUT2D eigenvalue weighted by molar-refractivity contribution is 0.0821. The molecule has 0 bridgehead atoms. The predicted molar refractivity (Wildman–Crippen MR) is 68.6 cm³/mol. The van der Waals surface area contributed by atoms with Crippen LogP contribution in [0.15, 0.2) is 12.3 Å². The SMILES string of the molecule is CN(C)C(=O)c1cc(OC2CC2)c(I)cn1. The molecule has 0 radical (unpaired) electrons. The molecule has 1 heterocycles. The van der Waals surface area contributed by atoms with Crippen molar-refractivity contribution >= 4 is 28.5 Å². The molecule has 1 aromatic rings. The van der Waals surface area contributed by atoms with Gasteiger partial charge in [0.25, 0.3) is 5.91 Å². The average molecular weight is 332 g/mol.